The molecule has 0 aromatic heterocycles. The van der Waals surface area contributed by atoms with Crippen LogP contribution in [0.15, 0.2) is 36.4 Å². The van der Waals surface area contributed by atoms with E-state index in [0.717, 1.165) is 5.56 Å². The predicted octanol–water partition coefficient (Wildman–Crippen LogP) is 3.28. The molecule has 0 bridgehead atoms. The summed E-state index contributed by atoms with van der Waals surface area (Å²) < 4.78 is 13.7. The smallest absolute Gasteiger partial charge is 0.258 e. The molecule has 0 aliphatic carbocycles. The zero-order valence-corrected chi connectivity index (χ0v) is 10.8. The van der Waals surface area contributed by atoms with Crippen LogP contribution < -0.4 is 11.1 Å². The number of nitrogens with one attached hydrogen (secondary N) is 1. The Morgan fingerprint density at radius 1 is 1.11 bits per heavy atom. The van der Waals surface area contributed by atoms with Crippen molar-refractivity contribution in [1.29, 1.82) is 0 Å². The SMILES string of the molecule is Cc1cccc(F)c1NC(=O)c1c(C)cccc1N. The van der Waals surface area contributed by atoms with Crippen molar-refractivity contribution < 1.29 is 9.18 Å². The molecule has 0 radical (unpaired) electrons. The van der Waals surface area contributed by atoms with E-state index >= 15 is 0 Å². The lowest BCUT2D eigenvalue weighted by Crippen LogP contribution is -2.17. The highest BCUT2D eigenvalue weighted by molar-refractivity contribution is 6.09. The van der Waals surface area contributed by atoms with Crippen LogP contribution in [0.5, 0.6) is 0 Å². The summed E-state index contributed by atoms with van der Waals surface area (Å²) in [7, 11) is 0. The van der Waals surface area contributed by atoms with Crippen LogP contribution in [0.4, 0.5) is 15.8 Å². The van der Waals surface area contributed by atoms with Gasteiger partial charge in [-0.15, -0.1) is 0 Å². The van der Waals surface area contributed by atoms with E-state index in [0.29, 0.717) is 16.8 Å². The van der Waals surface area contributed by atoms with E-state index in [1.807, 2.05) is 0 Å². The highest BCUT2D eigenvalue weighted by Gasteiger charge is 2.15. The number of para-hydroxylation sites is 1. The van der Waals surface area contributed by atoms with Crippen LogP contribution in [-0.4, -0.2) is 5.91 Å². The Morgan fingerprint density at radius 3 is 2.37 bits per heavy atom. The predicted molar refractivity (Wildman–Crippen MR) is 74.7 cm³/mol. The number of rotatable bonds is 2. The van der Waals surface area contributed by atoms with Gasteiger partial charge in [0.2, 0.25) is 0 Å². The van der Waals surface area contributed by atoms with Crippen LogP contribution >= 0.6 is 0 Å². The third kappa shape index (κ3) is 2.57. The Labute approximate surface area is 111 Å². The van der Waals surface area contributed by atoms with E-state index in [1.54, 1.807) is 44.2 Å². The largest absolute Gasteiger partial charge is 0.398 e. The van der Waals surface area contributed by atoms with E-state index < -0.39 is 11.7 Å². The molecule has 3 nitrogen and oxygen atoms in total. The highest BCUT2D eigenvalue weighted by atomic mass is 19.1. The molecule has 0 fully saturated rings. The van der Waals surface area contributed by atoms with Crippen LogP contribution in [0.1, 0.15) is 21.5 Å². The molecule has 0 atom stereocenters. The maximum atomic E-state index is 13.7. The molecule has 0 unspecified atom stereocenters. The number of nitrogens with two attached hydrogens (primary N) is 1. The van der Waals surface area contributed by atoms with Crippen molar-refractivity contribution in [2.45, 2.75) is 13.8 Å². The number of anilines is 2. The quantitative estimate of drug-likeness (QED) is 0.812. The van der Waals surface area contributed by atoms with Crippen LogP contribution in [0, 0.1) is 19.7 Å². The number of hydrogen-bond donors (Lipinski definition) is 2. The van der Waals surface area contributed by atoms with Crippen molar-refractivity contribution in [1.82, 2.24) is 0 Å². The van der Waals surface area contributed by atoms with Gasteiger partial charge in [-0.3, -0.25) is 4.79 Å². The molecular weight excluding hydrogens is 243 g/mol. The van der Waals surface area contributed by atoms with E-state index in [9.17, 15) is 9.18 Å². The van der Waals surface area contributed by atoms with Gasteiger partial charge >= 0.3 is 0 Å². The van der Waals surface area contributed by atoms with Crippen LogP contribution in [0.3, 0.4) is 0 Å². The molecule has 0 saturated carbocycles. The molecule has 2 aromatic carbocycles. The van der Waals surface area contributed by atoms with E-state index in [-0.39, 0.29) is 5.69 Å². The Morgan fingerprint density at radius 2 is 1.74 bits per heavy atom. The van der Waals surface area contributed by atoms with E-state index in [1.165, 1.54) is 6.07 Å². The zero-order chi connectivity index (χ0) is 14.0. The molecule has 19 heavy (non-hydrogen) atoms. The second kappa shape index (κ2) is 5.10. The Balaban J connectivity index is 2.37. The third-order valence-corrected chi connectivity index (χ3v) is 2.99. The van der Waals surface area contributed by atoms with Gasteiger partial charge in [0.15, 0.2) is 0 Å². The van der Waals surface area contributed by atoms with Crippen molar-refractivity contribution in [2.75, 3.05) is 11.1 Å². The maximum absolute atomic E-state index is 13.7. The van der Waals surface area contributed by atoms with Crippen LogP contribution in [0.2, 0.25) is 0 Å². The molecule has 98 valence electrons. The first-order valence-electron chi connectivity index (χ1n) is 5.92. The van der Waals surface area contributed by atoms with Crippen molar-refractivity contribution in [2.24, 2.45) is 0 Å². The van der Waals surface area contributed by atoms with Gasteiger partial charge < -0.3 is 11.1 Å². The van der Waals surface area contributed by atoms with Gasteiger partial charge in [-0.05, 0) is 37.1 Å². The minimum Gasteiger partial charge on any atom is -0.398 e. The molecule has 2 aromatic rings. The number of halogens is 1. The normalized spacial score (nSPS) is 10.3. The molecule has 0 spiro atoms. The number of benzene rings is 2. The fourth-order valence-electron chi connectivity index (χ4n) is 1.97. The molecular formula is C15H15FN2O. The maximum Gasteiger partial charge on any atom is 0.258 e. The van der Waals surface area contributed by atoms with Gasteiger partial charge in [-0.1, -0.05) is 24.3 Å². The van der Waals surface area contributed by atoms with Gasteiger partial charge in [-0.2, -0.15) is 0 Å². The standard InChI is InChI=1S/C15H15FN2O/c1-9-5-4-8-12(17)13(9)15(19)18-14-10(2)6-3-7-11(14)16/h3-8H,17H2,1-2H3,(H,18,19). The summed E-state index contributed by atoms with van der Waals surface area (Å²) in [6.45, 7) is 3.53. The number of carbonyl (C=O) groups excluding carboxylic acids is 1. The number of carbonyl (C=O) groups is 1. The topological polar surface area (TPSA) is 55.1 Å². The van der Waals surface area contributed by atoms with Crippen LogP contribution in [0.25, 0.3) is 0 Å². The third-order valence-electron chi connectivity index (χ3n) is 2.99. The first kappa shape index (κ1) is 13.1. The highest BCUT2D eigenvalue weighted by Crippen LogP contribution is 2.22. The van der Waals surface area contributed by atoms with E-state index in [4.69, 9.17) is 5.73 Å². The Kier molecular flexibility index (Phi) is 3.51. The van der Waals surface area contributed by atoms with Gasteiger partial charge in [0.1, 0.15) is 5.82 Å². The van der Waals surface area contributed by atoms with Gasteiger partial charge in [0.05, 0.1) is 11.3 Å². The lowest BCUT2D eigenvalue weighted by atomic mass is 10.1. The van der Waals surface area contributed by atoms with Crippen molar-refractivity contribution in [3.8, 4) is 0 Å². The minimum atomic E-state index is -0.458. The summed E-state index contributed by atoms with van der Waals surface area (Å²) in [5, 5.41) is 2.58. The molecule has 0 aliphatic heterocycles. The molecule has 0 heterocycles. The summed E-state index contributed by atoms with van der Waals surface area (Å²) >= 11 is 0. The summed E-state index contributed by atoms with van der Waals surface area (Å²) in [5.41, 5.74) is 8.17. The number of hydrogen-bond acceptors (Lipinski definition) is 2. The average molecular weight is 258 g/mol. The molecule has 1 amide bonds. The molecule has 0 aliphatic rings. The van der Waals surface area contributed by atoms with Crippen molar-refractivity contribution in [3.63, 3.8) is 0 Å². The molecule has 4 heteroatoms. The molecule has 0 saturated heterocycles. The second-order valence-corrected chi connectivity index (χ2v) is 4.42. The number of amides is 1. The lowest BCUT2D eigenvalue weighted by molar-refractivity contribution is 0.102. The van der Waals surface area contributed by atoms with Gasteiger partial charge in [0, 0.05) is 5.69 Å². The summed E-state index contributed by atoms with van der Waals surface area (Å²) in [4.78, 5) is 12.2. The van der Waals surface area contributed by atoms with E-state index in [2.05, 4.69) is 5.32 Å². The molecule has 2 rings (SSSR count). The van der Waals surface area contributed by atoms with Gasteiger partial charge in [-0.25, -0.2) is 4.39 Å². The fraction of sp³-hybridized carbons (Fsp3) is 0.133. The number of aryl methyl sites for hydroxylation is 2. The lowest BCUT2D eigenvalue weighted by Gasteiger charge is -2.12. The summed E-state index contributed by atoms with van der Waals surface area (Å²) in [6, 6.07) is 9.86. The van der Waals surface area contributed by atoms with Crippen molar-refractivity contribution >= 4 is 17.3 Å². The fourth-order valence-corrected chi connectivity index (χ4v) is 1.97. The Bertz CT molecular complexity index is 598. The van der Waals surface area contributed by atoms with Gasteiger partial charge in [0.25, 0.3) is 5.91 Å². The Hall–Kier alpha value is -2.36. The number of nitrogen functional groups attached to an aromatic ring is 1. The minimum absolute atomic E-state index is 0.190. The second-order valence-electron chi connectivity index (χ2n) is 4.42. The summed E-state index contributed by atoms with van der Waals surface area (Å²) in [5.74, 6) is -0.857. The summed E-state index contributed by atoms with van der Waals surface area (Å²) in [6.07, 6.45) is 0. The first-order valence-corrected chi connectivity index (χ1v) is 5.92. The monoisotopic (exact) mass is 258 g/mol. The van der Waals surface area contributed by atoms with Crippen LogP contribution in [-0.2, 0) is 0 Å². The van der Waals surface area contributed by atoms with Crippen molar-refractivity contribution in [3.05, 3.63) is 58.9 Å². The zero-order valence-electron chi connectivity index (χ0n) is 10.8. The molecule has 3 N–H and O–H groups in total. The average Bonchev–Trinajstić information content (AvgIpc) is 2.34. The first-order chi connectivity index (χ1) is 9.00.